The number of anilines is 1. The van der Waals surface area contributed by atoms with Gasteiger partial charge in [-0.25, -0.2) is 4.79 Å². The lowest BCUT2D eigenvalue weighted by Crippen LogP contribution is -2.38. The van der Waals surface area contributed by atoms with Crippen LogP contribution in [0.15, 0.2) is 12.1 Å². The van der Waals surface area contributed by atoms with E-state index in [0.29, 0.717) is 22.2 Å². The molecule has 3 amide bonds. The van der Waals surface area contributed by atoms with Crippen LogP contribution in [-0.2, 0) is 4.79 Å². The van der Waals surface area contributed by atoms with Crippen molar-refractivity contribution in [2.24, 2.45) is 5.73 Å². The summed E-state index contributed by atoms with van der Waals surface area (Å²) in [5.41, 5.74) is 5.29. The summed E-state index contributed by atoms with van der Waals surface area (Å²) in [6.45, 7) is -0.155. The molecule has 7 nitrogen and oxygen atoms in total. The van der Waals surface area contributed by atoms with Gasteiger partial charge in [-0.15, -0.1) is 0 Å². The van der Waals surface area contributed by atoms with Crippen molar-refractivity contribution in [2.45, 2.75) is 0 Å². The number of carbonyl (C=O) groups is 2. The topological polar surface area (TPSA) is 103 Å². The molecule has 0 atom stereocenters. The monoisotopic (exact) mass is 287 g/mol. The smallest absolute Gasteiger partial charge is 0.318 e. The standard InChI is InChI=1S/C11H14ClN3O4/c1-18-8-3-6(12)7(4-9(8)19-2)14-5-10(16)15-11(13)17/h3-4,14H,5H2,1-2H3,(H3,13,15,16,17). The largest absolute Gasteiger partial charge is 0.493 e. The number of primary amides is 1. The van der Waals surface area contributed by atoms with Gasteiger partial charge in [0.2, 0.25) is 5.91 Å². The molecule has 0 unspecified atom stereocenters. The average Bonchev–Trinajstić information content (AvgIpc) is 2.36. The van der Waals surface area contributed by atoms with Gasteiger partial charge in [0.25, 0.3) is 0 Å². The molecular weight excluding hydrogens is 274 g/mol. The Hall–Kier alpha value is -2.15. The summed E-state index contributed by atoms with van der Waals surface area (Å²) in [4.78, 5) is 21.7. The molecule has 1 rings (SSSR count). The Balaban J connectivity index is 2.78. The van der Waals surface area contributed by atoms with Crippen LogP contribution in [-0.4, -0.2) is 32.7 Å². The third-order valence-corrected chi connectivity index (χ3v) is 2.49. The van der Waals surface area contributed by atoms with E-state index < -0.39 is 11.9 Å². The van der Waals surface area contributed by atoms with Gasteiger partial charge in [0.1, 0.15) is 0 Å². The van der Waals surface area contributed by atoms with Crippen molar-refractivity contribution >= 4 is 29.2 Å². The second-order valence-electron chi connectivity index (χ2n) is 3.45. The molecule has 104 valence electrons. The Morgan fingerprint density at radius 3 is 2.37 bits per heavy atom. The van der Waals surface area contributed by atoms with Gasteiger partial charge in [0, 0.05) is 12.1 Å². The minimum atomic E-state index is -0.912. The van der Waals surface area contributed by atoms with E-state index in [1.54, 1.807) is 12.1 Å². The molecule has 0 saturated heterocycles. The third kappa shape index (κ3) is 4.22. The zero-order chi connectivity index (χ0) is 14.4. The van der Waals surface area contributed by atoms with Gasteiger partial charge < -0.3 is 20.5 Å². The molecule has 0 saturated carbocycles. The van der Waals surface area contributed by atoms with E-state index in [1.807, 2.05) is 5.32 Å². The molecule has 0 heterocycles. The van der Waals surface area contributed by atoms with Crippen LogP contribution in [0, 0.1) is 0 Å². The quantitative estimate of drug-likeness (QED) is 0.748. The number of carbonyl (C=O) groups excluding carboxylic acids is 2. The van der Waals surface area contributed by atoms with Crippen molar-refractivity contribution in [3.05, 3.63) is 17.2 Å². The Kier molecular flexibility index (Phi) is 5.25. The van der Waals surface area contributed by atoms with Crippen LogP contribution in [0.1, 0.15) is 0 Å². The van der Waals surface area contributed by atoms with Crippen LogP contribution in [0.25, 0.3) is 0 Å². The molecule has 0 bridgehead atoms. The summed E-state index contributed by atoms with van der Waals surface area (Å²) in [6, 6.07) is 2.22. The van der Waals surface area contributed by atoms with Crippen LogP contribution < -0.4 is 25.8 Å². The highest BCUT2D eigenvalue weighted by atomic mass is 35.5. The maximum absolute atomic E-state index is 11.2. The Morgan fingerprint density at radius 1 is 1.26 bits per heavy atom. The number of amides is 3. The average molecular weight is 288 g/mol. The molecule has 0 fully saturated rings. The second-order valence-corrected chi connectivity index (χ2v) is 3.86. The number of rotatable bonds is 5. The van der Waals surface area contributed by atoms with E-state index in [9.17, 15) is 9.59 Å². The predicted molar refractivity (Wildman–Crippen MR) is 70.8 cm³/mol. The first-order valence-electron chi connectivity index (χ1n) is 5.22. The van der Waals surface area contributed by atoms with Crippen LogP contribution in [0.5, 0.6) is 11.5 Å². The summed E-state index contributed by atoms with van der Waals surface area (Å²) >= 11 is 6.00. The maximum atomic E-state index is 11.2. The van der Waals surface area contributed by atoms with Gasteiger partial charge in [-0.3, -0.25) is 10.1 Å². The van der Waals surface area contributed by atoms with Gasteiger partial charge in [-0.2, -0.15) is 0 Å². The fourth-order valence-electron chi connectivity index (χ4n) is 1.35. The molecular formula is C11H14ClN3O4. The van der Waals surface area contributed by atoms with E-state index in [0.717, 1.165) is 0 Å². The first kappa shape index (κ1) is 14.9. The summed E-state index contributed by atoms with van der Waals surface area (Å²) in [6.07, 6.45) is 0. The van der Waals surface area contributed by atoms with Crippen molar-refractivity contribution in [1.29, 1.82) is 0 Å². The van der Waals surface area contributed by atoms with Gasteiger partial charge >= 0.3 is 6.03 Å². The summed E-state index contributed by atoms with van der Waals surface area (Å²) in [5.74, 6) is 0.364. The minimum Gasteiger partial charge on any atom is -0.493 e. The number of nitrogens with two attached hydrogens (primary N) is 1. The van der Waals surface area contributed by atoms with Crippen molar-refractivity contribution in [2.75, 3.05) is 26.1 Å². The van der Waals surface area contributed by atoms with Gasteiger partial charge in [0.15, 0.2) is 11.5 Å². The number of imide groups is 1. The van der Waals surface area contributed by atoms with Gasteiger partial charge in [0.05, 0.1) is 31.5 Å². The van der Waals surface area contributed by atoms with Crippen LogP contribution in [0.2, 0.25) is 5.02 Å². The summed E-state index contributed by atoms with van der Waals surface area (Å²) < 4.78 is 10.2. The number of hydrogen-bond donors (Lipinski definition) is 3. The van der Waals surface area contributed by atoms with E-state index in [2.05, 4.69) is 5.32 Å². The number of methoxy groups -OCH3 is 2. The highest BCUT2D eigenvalue weighted by Gasteiger charge is 2.11. The number of urea groups is 1. The van der Waals surface area contributed by atoms with E-state index in [-0.39, 0.29) is 6.54 Å². The minimum absolute atomic E-state index is 0.155. The number of nitrogens with one attached hydrogen (secondary N) is 2. The molecule has 8 heteroatoms. The van der Waals surface area contributed by atoms with E-state index in [1.165, 1.54) is 14.2 Å². The molecule has 19 heavy (non-hydrogen) atoms. The Bertz CT molecular complexity index is 493. The lowest BCUT2D eigenvalue weighted by molar-refractivity contribution is -0.118. The van der Waals surface area contributed by atoms with Crippen molar-refractivity contribution in [3.8, 4) is 11.5 Å². The highest BCUT2D eigenvalue weighted by molar-refractivity contribution is 6.33. The predicted octanol–water partition coefficient (Wildman–Crippen LogP) is 0.964. The van der Waals surface area contributed by atoms with Gasteiger partial charge in [-0.05, 0) is 0 Å². The molecule has 0 spiro atoms. The zero-order valence-electron chi connectivity index (χ0n) is 10.5. The normalized spacial score (nSPS) is 9.63. The fraction of sp³-hybridized carbons (Fsp3) is 0.273. The van der Waals surface area contributed by atoms with Crippen molar-refractivity contribution < 1.29 is 19.1 Å². The molecule has 4 N–H and O–H groups in total. The van der Waals surface area contributed by atoms with E-state index in [4.69, 9.17) is 26.8 Å². The van der Waals surface area contributed by atoms with Crippen molar-refractivity contribution in [3.63, 3.8) is 0 Å². The van der Waals surface area contributed by atoms with Gasteiger partial charge in [-0.1, -0.05) is 11.6 Å². The lowest BCUT2D eigenvalue weighted by atomic mass is 10.2. The molecule has 0 aliphatic carbocycles. The van der Waals surface area contributed by atoms with Crippen molar-refractivity contribution in [1.82, 2.24) is 5.32 Å². The number of ether oxygens (including phenoxy) is 2. The number of hydrogen-bond acceptors (Lipinski definition) is 5. The maximum Gasteiger partial charge on any atom is 0.318 e. The molecule has 0 aliphatic rings. The van der Waals surface area contributed by atoms with Crippen LogP contribution >= 0.6 is 11.6 Å². The lowest BCUT2D eigenvalue weighted by Gasteiger charge is -2.12. The third-order valence-electron chi connectivity index (χ3n) is 2.18. The fourth-order valence-corrected chi connectivity index (χ4v) is 1.57. The SMILES string of the molecule is COc1cc(Cl)c(NCC(=O)NC(N)=O)cc1OC. The molecule has 1 aromatic rings. The zero-order valence-corrected chi connectivity index (χ0v) is 11.2. The summed E-state index contributed by atoms with van der Waals surface area (Å²) in [5, 5.41) is 5.03. The molecule has 0 radical (unpaired) electrons. The molecule has 0 aromatic heterocycles. The second kappa shape index (κ2) is 6.69. The highest BCUT2D eigenvalue weighted by Crippen LogP contribution is 2.35. The Labute approximate surface area is 115 Å². The summed E-state index contributed by atoms with van der Waals surface area (Å²) in [7, 11) is 2.97. The first-order chi connectivity index (χ1) is 8.97. The number of halogens is 1. The van der Waals surface area contributed by atoms with Crippen LogP contribution in [0.4, 0.5) is 10.5 Å². The first-order valence-corrected chi connectivity index (χ1v) is 5.60. The number of benzene rings is 1. The Morgan fingerprint density at radius 2 is 1.84 bits per heavy atom. The molecule has 1 aromatic carbocycles. The van der Waals surface area contributed by atoms with Crippen LogP contribution in [0.3, 0.4) is 0 Å². The van der Waals surface area contributed by atoms with E-state index >= 15 is 0 Å². The molecule has 0 aliphatic heterocycles.